The average molecular weight is 564 g/mol. The van der Waals surface area contributed by atoms with E-state index in [1.807, 2.05) is 0 Å². The standard InChI is InChI=1S/C24H13Cl3N2O8/c1-36-21-9-19(28-22(31)13-6-16(25)17(26)7-14(13)23(28)32)18(27)8-15(21)24(33)37-10-20(30)11-3-2-4-12(5-11)29(34)35/h2-9H,10H2,1H3. The molecule has 37 heavy (non-hydrogen) atoms. The summed E-state index contributed by atoms with van der Waals surface area (Å²) in [5, 5.41) is 10.9. The van der Waals surface area contributed by atoms with E-state index in [4.69, 9.17) is 44.3 Å². The van der Waals surface area contributed by atoms with Gasteiger partial charge < -0.3 is 9.47 Å². The van der Waals surface area contributed by atoms with Gasteiger partial charge >= 0.3 is 5.97 Å². The summed E-state index contributed by atoms with van der Waals surface area (Å²) < 4.78 is 10.3. The summed E-state index contributed by atoms with van der Waals surface area (Å²) in [6.45, 7) is -0.720. The van der Waals surface area contributed by atoms with E-state index in [2.05, 4.69) is 0 Å². The molecule has 0 radical (unpaired) electrons. The number of methoxy groups -OCH3 is 1. The second-order valence-corrected chi connectivity index (χ2v) is 8.79. The lowest BCUT2D eigenvalue weighted by molar-refractivity contribution is -0.384. The number of hydrogen-bond acceptors (Lipinski definition) is 8. The van der Waals surface area contributed by atoms with Gasteiger partial charge in [0, 0.05) is 23.8 Å². The average Bonchev–Trinajstić information content (AvgIpc) is 3.11. The molecule has 1 aliphatic rings. The van der Waals surface area contributed by atoms with E-state index in [0.29, 0.717) is 0 Å². The number of hydrogen-bond donors (Lipinski definition) is 0. The van der Waals surface area contributed by atoms with Crippen LogP contribution in [-0.4, -0.2) is 42.2 Å². The molecular formula is C24H13Cl3N2O8. The van der Waals surface area contributed by atoms with Gasteiger partial charge in [0.1, 0.15) is 11.3 Å². The highest BCUT2D eigenvalue weighted by molar-refractivity contribution is 6.45. The number of nitro benzene ring substituents is 1. The number of non-ortho nitro benzene ring substituents is 1. The SMILES string of the molecule is COc1cc(N2C(=O)c3cc(Cl)c(Cl)cc3C2=O)c(Cl)cc1C(=O)OCC(=O)c1cccc([N+](=O)[O-])c1. The molecule has 0 spiro atoms. The first-order valence-electron chi connectivity index (χ1n) is 10.2. The number of halogens is 3. The van der Waals surface area contributed by atoms with Crippen LogP contribution in [0.15, 0.2) is 48.5 Å². The van der Waals surface area contributed by atoms with Gasteiger partial charge in [0.2, 0.25) is 5.78 Å². The van der Waals surface area contributed by atoms with E-state index < -0.39 is 35.1 Å². The molecule has 0 saturated heterocycles. The van der Waals surface area contributed by atoms with Crippen molar-refractivity contribution in [2.24, 2.45) is 0 Å². The molecule has 1 aliphatic heterocycles. The van der Waals surface area contributed by atoms with Crippen LogP contribution in [0.4, 0.5) is 11.4 Å². The number of benzene rings is 3. The van der Waals surface area contributed by atoms with Crippen LogP contribution in [0.2, 0.25) is 15.1 Å². The second kappa shape index (κ2) is 10.2. The number of ether oxygens (including phenoxy) is 2. The van der Waals surface area contributed by atoms with Gasteiger partial charge in [0.15, 0.2) is 6.61 Å². The molecule has 13 heteroatoms. The van der Waals surface area contributed by atoms with Gasteiger partial charge in [-0.2, -0.15) is 0 Å². The Hall–Kier alpha value is -3.99. The number of carbonyl (C=O) groups is 4. The molecule has 188 valence electrons. The van der Waals surface area contributed by atoms with Crippen molar-refractivity contribution >= 4 is 69.7 Å². The normalized spacial score (nSPS) is 12.4. The summed E-state index contributed by atoms with van der Waals surface area (Å²) in [6, 6.07) is 9.82. The summed E-state index contributed by atoms with van der Waals surface area (Å²) in [5.41, 5.74) is -0.519. The van der Waals surface area contributed by atoms with Crippen LogP contribution in [-0.2, 0) is 4.74 Å². The molecule has 0 bridgehead atoms. The number of esters is 1. The molecule has 1 heterocycles. The topological polar surface area (TPSA) is 133 Å². The first-order chi connectivity index (χ1) is 17.5. The zero-order valence-corrected chi connectivity index (χ0v) is 20.9. The van der Waals surface area contributed by atoms with Crippen molar-refractivity contribution in [3.63, 3.8) is 0 Å². The second-order valence-electron chi connectivity index (χ2n) is 7.57. The number of imide groups is 1. The third-order valence-corrected chi connectivity index (χ3v) is 6.40. The lowest BCUT2D eigenvalue weighted by Gasteiger charge is -2.18. The van der Waals surface area contributed by atoms with Crippen molar-refractivity contribution in [1.29, 1.82) is 0 Å². The van der Waals surface area contributed by atoms with Crippen molar-refractivity contribution in [1.82, 2.24) is 0 Å². The maximum atomic E-state index is 13.0. The van der Waals surface area contributed by atoms with Crippen LogP contribution in [0.25, 0.3) is 0 Å². The first kappa shape index (κ1) is 26.1. The molecule has 3 aromatic rings. The van der Waals surface area contributed by atoms with Crippen LogP contribution in [0.5, 0.6) is 5.75 Å². The van der Waals surface area contributed by atoms with Crippen LogP contribution >= 0.6 is 34.8 Å². The van der Waals surface area contributed by atoms with E-state index in [0.717, 1.165) is 17.0 Å². The Kier molecular flexibility index (Phi) is 7.17. The number of nitrogens with zero attached hydrogens (tertiary/aromatic N) is 2. The lowest BCUT2D eigenvalue weighted by Crippen LogP contribution is -2.29. The third-order valence-electron chi connectivity index (χ3n) is 5.37. The van der Waals surface area contributed by atoms with Crippen molar-refractivity contribution in [3.8, 4) is 5.75 Å². The summed E-state index contributed by atoms with van der Waals surface area (Å²) >= 11 is 18.3. The Morgan fingerprint density at radius 3 is 2.14 bits per heavy atom. The maximum Gasteiger partial charge on any atom is 0.342 e. The van der Waals surface area contributed by atoms with E-state index in [1.165, 1.54) is 43.5 Å². The number of Topliss-reactive ketones (excluding diaryl/α,β-unsaturated/α-hetero) is 1. The molecule has 0 aromatic heterocycles. The minimum atomic E-state index is -0.995. The summed E-state index contributed by atoms with van der Waals surface area (Å²) in [4.78, 5) is 62.0. The number of nitro groups is 1. The van der Waals surface area contributed by atoms with Gasteiger partial charge in [-0.15, -0.1) is 0 Å². The van der Waals surface area contributed by atoms with Crippen LogP contribution in [0.3, 0.4) is 0 Å². The van der Waals surface area contributed by atoms with Gasteiger partial charge in [0.05, 0.1) is 43.9 Å². The van der Waals surface area contributed by atoms with Crippen LogP contribution in [0.1, 0.15) is 41.4 Å². The predicted octanol–water partition coefficient (Wildman–Crippen LogP) is 5.40. The minimum Gasteiger partial charge on any atom is -0.496 e. The first-order valence-corrected chi connectivity index (χ1v) is 11.4. The molecule has 0 N–H and O–H groups in total. The van der Waals surface area contributed by atoms with Crippen molar-refractivity contribution in [2.75, 3.05) is 18.6 Å². The number of anilines is 1. The van der Waals surface area contributed by atoms with E-state index in [-0.39, 0.29) is 54.4 Å². The molecule has 0 aliphatic carbocycles. The Bertz CT molecular complexity index is 1480. The molecule has 3 aromatic carbocycles. The monoisotopic (exact) mass is 562 g/mol. The van der Waals surface area contributed by atoms with Crippen LogP contribution in [0, 0.1) is 10.1 Å². The molecular weight excluding hydrogens is 551 g/mol. The van der Waals surface area contributed by atoms with E-state index in [1.54, 1.807) is 0 Å². The van der Waals surface area contributed by atoms with Crippen molar-refractivity contribution in [2.45, 2.75) is 0 Å². The van der Waals surface area contributed by atoms with Gasteiger partial charge in [-0.25, -0.2) is 9.69 Å². The number of carbonyl (C=O) groups excluding carboxylic acids is 4. The largest absolute Gasteiger partial charge is 0.496 e. The predicted molar refractivity (Wildman–Crippen MR) is 133 cm³/mol. The van der Waals surface area contributed by atoms with Gasteiger partial charge in [0.25, 0.3) is 17.5 Å². The fourth-order valence-corrected chi connectivity index (χ4v) is 4.16. The van der Waals surface area contributed by atoms with Gasteiger partial charge in [-0.1, -0.05) is 46.9 Å². The van der Waals surface area contributed by atoms with Gasteiger partial charge in [-0.3, -0.25) is 24.5 Å². The Morgan fingerprint density at radius 1 is 0.946 bits per heavy atom. The summed E-state index contributed by atoms with van der Waals surface area (Å²) in [6.07, 6.45) is 0. The molecule has 0 saturated carbocycles. The third kappa shape index (κ3) is 4.86. The maximum absolute atomic E-state index is 13.0. The zero-order valence-electron chi connectivity index (χ0n) is 18.6. The summed E-state index contributed by atoms with van der Waals surface area (Å²) in [5.74, 6) is -3.19. The minimum absolute atomic E-state index is 0.0202. The molecule has 0 fully saturated rings. The highest BCUT2D eigenvalue weighted by Gasteiger charge is 2.39. The van der Waals surface area contributed by atoms with Crippen molar-refractivity contribution in [3.05, 3.63) is 96.0 Å². The Morgan fingerprint density at radius 2 is 1.57 bits per heavy atom. The smallest absolute Gasteiger partial charge is 0.342 e. The zero-order chi connectivity index (χ0) is 27.0. The molecule has 0 atom stereocenters. The summed E-state index contributed by atoms with van der Waals surface area (Å²) in [7, 11) is 1.24. The van der Waals surface area contributed by atoms with Gasteiger partial charge in [-0.05, 0) is 18.2 Å². The molecule has 2 amide bonds. The molecule has 10 nitrogen and oxygen atoms in total. The van der Waals surface area contributed by atoms with E-state index >= 15 is 0 Å². The molecule has 0 unspecified atom stereocenters. The number of rotatable bonds is 7. The number of amides is 2. The fourth-order valence-electron chi connectivity index (χ4n) is 3.58. The highest BCUT2D eigenvalue weighted by Crippen LogP contribution is 2.39. The van der Waals surface area contributed by atoms with E-state index in [9.17, 15) is 29.3 Å². The van der Waals surface area contributed by atoms with Crippen molar-refractivity contribution < 1.29 is 33.6 Å². The molecule has 4 rings (SSSR count). The Labute approximate surface area is 223 Å². The lowest BCUT2D eigenvalue weighted by atomic mass is 10.1. The highest BCUT2D eigenvalue weighted by atomic mass is 35.5. The quantitative estimate of drug-likeness (QED) is 0.123. The number of fused-ring (bicyclic) bond motifs is 1. The Balaban J connectivity index is 1.58. The fraction of sp³-hybridized carbons (Fsp3) is 0.0833. The number of ketones is 1. The van der Waals surface area contributed by atoms with Crippen LogP contribution < -0.4 is 9.64 Å².